The summed E-state index contributed by atoms with van der Waals surface area (Å²) in [6, 6.07) is 8.08. The first-order chi connectivity index (χ1) is 12.0. The monoisotopic (exact) mass is 345 g/mol. The third-order valence-electron chi connectivity index (χ3n) is 4.96. The van der Waals surface area contributed by atoms with E-state index in [4.69, 9.17) is 0 Å². The Balaban J connectivity index is 1.77. The first-order valence-corrected chi connectivity index (χ1v) is 9.35. The largest absolute Gasteiger partial charge is 0.352 e. The zero-order valence-electron chi connectivity index (χ0n) is 15.7. The molecule has 0 aliphatic heterocycles. The molecule has 1 aromatic carbocycles. The fourth-order valence-corrected chi connectivity index (χ4v) is 3.47. The summed E-state index contributed by atoms with van der Waals surface area (Å²) < 4.78 is 0. The van der Waals surface area contributed by atoms with Crippen molar-refractivity contribution in [3.05, 3.63) is 29.8 Å². The third-order valence-corrected chi connectivity index (χ3v) is 4.96. The molecule has 2 amide bonds. The molecule has 0 heterocycles. The van der Waals surface area contributed by atoms with Gasteiger partial charge < -0.3 is 10.6 Å². The first kappa shape index (κ1) is 19.4. The summed E-state index contributed by atoms with van der Waals surface area (Å²) >= 11 is 0. The minimum Gasteiger partial charge on any atom is -0.352 e. The molecule has 0 bridgehead atoms. The van der Waals surface area contributed by atoms with Gasteiger partial charge in [0.1, 0.15) is 0 Å². The first-order valence-electron chi connectivity index (χ1n) is 9.35. The van der Waals surface area contributed by atoms with Crippen LogP contribution < -0.4 is 10.6 Å². The Morgan fingerprint density at radius 1 is 1.12 bits per heavy atom. The maximum atomic E-state index is 12.2. The molecule has 5 heteroatoms. The molecule has 0 aromatic heterocycles. The zero-order valence-corrected chi connectivity index (χ0v) is 15.7. The summed E-state index contributed by atoms with van der Waals surface area (Å²) in [6.07, 6.45) is 5.55. The minimum absolute atomic E-state index is 0.00279. The van der Waals surface area contributed by atoms with Crippen LogP contribution in [0.3, 0.4) is 0 Å². The van der Waals surface area contributed by atoms with Crippen LogP contribution in [0.1, 0.15) is 45.1 Å². The highest BCUT2D eigenvalue weighted by Gasteiger charge is 2.23. The second-order valence-electron chi connectivity index (χ2n) is 7.17. The normalized spacial score (nSPS) is 20.3. The van der Waals surface area contributed by atoms with Crippen molar-refractivity contribution in [2.75, 3.05) is 25.5 Å². The van der Waals surface area contributed by atoms with Gasteiger partial charge in [0.15, 0.2) is 0 Å². The van der Waals surface area contributed by atoms with Crippen LogP contribution in [0.4, 0.5) is 5.69 Å². The molecule has 138 valence electrons. The number of likely N-dealkylation sites (N-methyl/N-ethyl adjacent to an activating group) is 1. The number of aryl methyl sites for hydroxylation is 1. The van der Waals surface area contributed by atoms with Crippen molar-refractivity contribution >= 4 is 17.5 Å². The average Bonchev–Trinajstić information content (AvgIpc) is 2.57. The van der Waals surface area contributed by atoms with Crippen molar-refractivity contribution in [3.8, 4) is 0 Å². The lowest BCUT2D eigenvalue weighted by atomic mass is 9.86. The Hall–Kier alpha value is -1.88. The van der Waals surface area contributed by atoms with Crippen LogP contribution in [0.2, 0.25) is 0 Å². The number of benzene rings is 1. The Morgan fingerprint density at radius 3 is 2.52 bits per heavy atom. The third kappa shape index (κ3) is 6.16. The summed E-state index contributed by atoms with van der Waals surface area (Å²) in [6.45, 7) is 4.71. The maximum Gasteiger partial charge on any atom is 0.238 e. The highest BCUT2D eigenvalue weighted by molar-refractivity contribution is 5.93. The van der Waals surface area contributed by atoms with Gasteiger partial charge in [-0.15, -0.1) is 0 Å². The quantitative estimate of drug-likeness (QED) is 0.799. The van der Waals surface area contributed by atoms with Crippen molar-refractivity contribution in [1.29, 1.82) is 0 Å². The summed E-state index contributed by atoms with van der Waals surface area (Å²) in [5, 5.41) is 6.07. The van der Waals surface area contributed by atoms with E-state index in [0.717, 1.165) is 24.1 Å². The van der Waals surface area contributed by atoms with Gasteiger partial charge >= 0.3 is 0 Å². The Labute approximate surface area is 151 Å². The SMILES string of the molecule is CCc1ccccc1NC(=O)CN(C)CC(=O)NC1CCCCC1C. The van der Waals surface area contributed by atoms with Crippen molar-refractivity contribution in [2.45, 2.75) is 52.0 Å². The lowest BCUT2D eigenvalue weighted by Crippen LogP contribution is -2.46. The number of hydrogen-bond donors (Lipinski definition) is 2. The summed E-state index contributed by atoms with van der Waals surface area (Å²) in [4.78, 5) is 26.2. The lowest BCUT2D eigenvalue weighted by molar-refractivity contribution is -0.124. The van der Waals surface area contributed by atoms with E-state index in [0.29, 0.717) is 5.92 Å². The molecule has 2 rings (SSSR count). The van der Waals surface area contributed by atoms with Gasteiger partial charge in [0.05, 0.1) is 13.1 Å². The van der Waals surface area contributed by atoms with Crippen LogP contribution in [-0.4, -0.2) is 42.9 Å². The second-order valence-corrected chi connectivity index (χ2v) is 7.17. The molecule has 1 saturated carbocycles. The van der Waals surface area contributed by atoms with Gasteiger partial charge in [-0.05, 0) is 43.9 Å². The second kappa shape index (κ2) is 9.56. The Kier molecular flexibility index (Phi) is 7.44. The van der Waals surface area contributed by atoms with E-state index in [2.05, 4.69) is 24.5 Å². The number of amides is 2. The van der Waals surface area contributed by atoms with E-state index >= 15 is 0 Å². The van der Waals surface area contributed by atoms with Crippen LogP contribution in [0.15, 0.2) is 24.3 Å². The molecule has 2 atom stereocenters. The molecule has 5 nitrogen and oxygen atoms in total. The summed E-state index contributed by atoms with van der Waals surface area (Å²) in [5.41, 5.74) is 1.96. The van der Waals surface area contributed by atoms with E-state index in [1.165, 1.54) is 19.3 Å². The van der Waals surface area contributed by atoms with Gasteiger partial charge in [-0.3, -0.25) is 14.5 Å². The predicted octanol–water partition coefficient (Wildman–Crippen LogP) is 2.81. The van der Waals surface area contributed by atoms with Gasteiger partial charge in [-0.25, -0.2) is 0 Å². The highest BCUT2D eigenvalue weighted by atomic mass is 16.2. The fraction of sp³-hybridized carbons (Fsp3) is 0.600. The van der Waals surface area contributed by atoms with Crippen molar-refractivity contribution in [2.24, 2.45) is 5.92 Å². The summed E-state index contributed by atoms with van der Waals surface area (Å²) in [7, 11) is 1.80. The van der Waals surface area contributed by atoms with Crippen molar-refractivity contribution in [1.82, 2.24) is 10.2 Å². The van der Waals surface area contributed by atoms with Crippen LogP contribution in [-0.2, 0) is 16.0 Å². The number of anilines is 1. The van der Waals surface area contributed by atoms with Gasteiger partial charge in [0.2, 0.25) is 11.8 Å². The molecule has 1 aliphatic carbocycles. The van der Waals surface area contributed by atoms with E-state index in [9.17, 15) is 9.59 Å². The standard InChI is InChI=1S/C20H31N3O2/c1-4-16-10-6-8-12-18(16)22-20(25)14-23(3)13-19(24)21-17-11-7-5-9-15(17)2/h6,8,10,12,15,17H,4-5,7,9,11,13-14H2,1-3H3,(H,21,24)(H,22,25). The van der Waals surface area contributed by atoms with Crippen LogP contribution in [0.5, 0.6) is 0 Å². The maximum absolute atomic E-state index is 12.2. The molecule has 2 N–H and O–H groups in total. The Morgan fingerprint density at radius 2 is 1.80 bits per heavy atom. The number of nitrogens with one attached hydrogen (secondary N) is 2. The molecule has 1 aromatic rings. The van der Waals surface area contributed by atoms with E-state index < -0.39 is 0 Å². The number of nitrogens with zero attached hydrogens (tertiary/aromatic N) is 1. The topological polar surface area (TPSA) is 61.4 Å². The molecule has 0 radical (unpaired) electrons. The van der Waals surface area contributed by atoms with Gasteiger partial charge in [-0.1, -0.05) is 44.9 Å². The number of carbonyl (C=O) groups excluding carboxylic acids is 2. The van der Waals surface area contributed by atoms with Gasteiger partial charge in [0.25, 0.3) is 0 Å². The molecule has 0 saturated heterocycles. The number of para-hydroxylation sites is 1. The molecule has 1 fully saturated rings. The van der Waals surface area contributed by atoms with Crippen LogP contribution >= 0.6 is 0 Å². The number of hydrogen-bond acceptors (Lipinski definition) is 3. The molecule has 2 unspecified atom stereocenters. The highest BCUT2D eigenvalue weighted by Crippen LogP contribution is 2.23. The van der Waals surface area contributed by atoms with Crippen molar-refractivity contribution in [3.63, 3.8) is 0 Å². The fourth-order valence-electron chi connectivity index (χ4n) is 3.47. The van der Waals surface area contributed by atoms with E-state index in [1.54, 1.807) is 11.9 Å². The van der Waals surface area contributed by atoms with Crippen LogP contribution in [0.25, 0.3) is 0 Å². The minimum atomic E-state index is -0.0952. The van der Waals surface area contributed by atoms with Gasteiger partial charge in [-0.2, -0.15) is 0 Å². The van der Waals surface area contributed by atoms with E-state index in [-0.39, 0.29) is 30.9 Å². The zero-order chi connectivity index (χ0) is 18.2. The number of rotatable bonds is 7. The molecule has 1 aliphatic rings. The Bertz CT molecular complexity index is 588. The average molecular weight is 345 g/mol. The molecule has 0 spiro atoms. The molecular formula is C20H31N3O2. The smallest absolute Gasteiger partial charge is 0.238 e. The molecule has 25 heavy (non-hydrogen) atoms. The predicted molar refractivity (Wildman–Crippen MR) is 102 cm³/mol. The van der Waals surface area contributed by atoms with Crippen molar-refractivity contribution < 1.29 is 9.59 Å². The van der Waals surface area contributed by atoms with E-state index in [1.807, 2.05) is 24.3 Å². The van der Waals surface area contributed by atoms with Crippen LogP contribution in [0, 0.1) is 5.92 Å². The lowest BCUT2D eigenvalue weighted by Gasteiger charge is -2.30. The van der Waals surface area contributed by atoms with Gasteiger partial charge in [0, 0.05) is 11.7 Å². The molecular weight excluding hydrogens is 314 g/mol. The summed E-state index contributed by atoms with van der Waals surface area (Å²) in [5.74, 6) is 0.446. The number of carbonyl (C=O) groups is 2.